The van der Waals surface area contributed by atoms with Gasteiger partial charge in [-0.3, -0.25) is 14.5 Å². The molecule has 55 heavy (non-hydrogen) atoms. The molecule has 292 valence electrons. The molecule has 2 aliphatic heterocycles. The number of pyridine rings is 1. The fraction of sp³-hybridized carbons (Fsp3) is 0.500. The van der Waals surface area contributed by atoms with Crippen molar-refractivity contribution in [2.75, 3.05) is 63.2 Å². The van der Waals surface area contributed by atoms with E-state index in [2.05, 4.69) is 47.1 Å². The second-order valence-corrected chi connectivity index (χ2v) is 15.6. The third-order valence-electron chi connectivity index (χ3n) is 10.3. The number of carbonyl (C=O) groups excluding carboxylic acids is 3. The quantitative estimate of drug-likeness (QED) is 0.154. The molecule has 1 aliphatic carbocycles. The zero-order valence-electron chi connectivity index (χ0n) is 32.3. The number of amidine groups is 1. The van der Waals surface area contributed by atoms with Gasteiger partial charge in [-0.25, -0.2) is 14.8 Å². The molecule has 0 unspecified atom stereocenters. The molecule has 0 bridgehead atoms. The van der Waals surface area contributed by atoms with E-state index in [1.807, 2.05) is 81.6 Å². The van der Waals surface area contributed by atoms with E-state index in [0.717, 1.165) is 93.1 Å². The molecular weight excluding hydrogens is 697 g/mol. The number of aromatic nitrogens is 1. The number of amides is 2. The molecule has 1 aromatic heterocycles. The molecule has 3 aliphatic rings. The lowest BCUT2D eigenvalue weighted by Gasteiger charge is -2.29. The Hall–Kier alpha value is -5.01. The number of alkyl carbamates (subject to hydrolysis) is 1. The summed E-state index contributed by atoms with van der Waals surface area (Å²) in [6.07, 6.45) is 5.17. The molecule has 0 spiro atoms. The predicted molar refractivity (Wildman–Crippen MR) is 213 cm³/mol. The fourth-order valence-electron chi connectivity index (χ4n) is 7.18. The number of hydrogen-bond donors (Lipinski definition) is 3. The summed E-state index contributed by atoms with van der Waals surface area (Å²) in [5.41, 5.74) is 3.92. The zero-order chi connectivity index (χ0) is 38.6. The van der Waals surface area contributed by atoms with Gasteiger partial charge < -0.3 is 25.4 Å². The lowest BCUT2D eigenvalue weighted by atomic mass is 9.77. The average molecular weight is 751 g/mol. The molecule has 3 heterocycles. The van der Waals surface area contributed by atoms with Crippen LogP contribution < -0.4 is 16.0 Å². The minimum atomic E-state index is -0.554. The molecule has 1 saturated carbocycles. The van der Waals surface area contributed by atoms with Gasteiger partial charge >= 0.3 is 6.09 Å². The number of Topliss-reactive ketones (excluding diaryl/α,β-unsaturated/α-hetero) is 1. The first-order valence-electron chi connectivity index (χ1n) is 19.5. The Morgan fingerprint density at radius 2 is 1.62 bits per heavy atom. The van der Waals surface area contributed by atoms with Gasteiger partial charge in [-0.15, -0.1) is 5.11 Å². The van der Waals surface area contributed by atoms with Gasteiger partial charge in [-0.2, -0.15) is 5.11 Å². The zero-order valence-corrected chi connectivity index (χ0v) is 32.3. The Balaban J connectivity index is 1.06. The molecule has 3 aromatic rings. The van der Waals surface area contributed by atoms with Crippen LogP contribution >= 0.6 is 0 Å². The molecule has 0 radical (unpaired) electrons. The van der Waals surface area contributed by atoms with E-state index in [9.17, 15) is 14.4 Å². The number of hydrogen-bond acceptors (Lipinski definition) is 11. The highest BCUT2D eigenvalue weighted by Crippen LogP contribution is 2.32. The maximum absolute atomic E-state index is 13.9. The summed E-state index contributed by atoms with van der Waals surface area (Å²) in [4.78, 5) is 51.1. The normalized spacial score (nSPS) is 19.3. The van der Waals surface area contributed by atoms with Gasteiger partial charge in [0.25, 0.3) is 0 Å². The number of nitrogens with zero attached hydrogens (tertiary/aromatic N) is 5. The van der Waals surface area contributed by atoms with Crippen LogP contribution in [0.4, 0.5) is 16.3 Å². The van der Waals surface area contributed by atoms with Crippen molar-refractivity contribution in [1.29, 1.82) is 0 Å². The first-order valence-corrected chi connectivity index (χ1v) is 19.5. The largest absolute Gasteiger partial charge is 0.444 e. The lowest BCUT2D eigenvalue weighted by Crippen LogP contribution is -2.39. The Bertz CT molecular complexity index is 1790. The highest BCUT2D eigenvalue weighted by atomic mass is 16.6. The van der Waals surface area contributed by atoms with Gasteiger partial charge in [0, 0.05) is 74.0 Å². The maximum Gasteiger partial charge on any atom is 0.407 e. The van der Waals surface area contributed by atoms with E-state index in [1.54, 1.807) is 0 Å². The number of nitrogens with one attached hydrogen (secondary N) is 3. The average Bonchev–Trinajstić information content (AvgIpc) is 3.73. The number of anilines is 2. The number of ketones is 1. The van der Waals surface area contributed by atoms with E-state index in [1.165, 1.54) is 0 Å². The van der Waals surface area contributed by atoms with E-state index in [0.29, 0.717) is 31.2 Å². The van der Waals surface area contributed by atoms with Crippen molar-refractivity contribution in [3.8, 4) is 11.1 Å². The van der Waals surface area contributed by atoms with Crippen molar-refractivity contribution >= 4 is 35.1 Å². The standard InChI is InChI=1S/C42H54N8O5/c1-42(2,3)55-41(53)45-26-30-6-10-32(11-7-30)37(51)25-35(40(52)48-36-15-12-33(13-16-36)39-46-28-47-49-39)24-29-4-8-31(9-5-29)34-14-17-38(44-27-34)43-18-19-50-20-22-54-23-21-50/h4-5,8-9,12-17,27,30,32,35H,6-7,10-11,18-26,28H2,1-3H3,(H,43,44)(H,45,53)(H,48,52)/t30?,32?,35-/m1/s1. The third-order valence-corrected chi connectivity index (χ3v) is 10.3. The highest BCUT2D eigenvalue weighted by molar-refractivity contribution is 6.01. The summed E-state index contributed by atoms with van der Waals surface area (Å²) < 4.78 is 10.8. The summed E-state index contributed by atoms with van der Waals surface area (Å²) in [5, 5.41) is 17.3. The molecule has 13 nitrogen and oxygen atoms in total. The first kappa shape index (κ1) is 39.7. The monoisotopic (exact) mass is 750 g/mol. The van der Waals surface area contributed by atoms with Crippen LogP contribution in [0.2, 0.25) is 0 Å². The summed E-state index contributed by atoms with van der Waals surface area (Å²) in [5.74, 6) is 0.951. The van der Waals surface area contributed by atoms with Crippen LogP contribution in [0, 0.1) is 17.8 Å². The summed E-state index contributed by atoms with van der Waals surface area (Å²) >= 11 is 0. The van der Waals surface area contributed by atoms with Gasteiger partial charge in [0.15, 0.2) is 12.5 Å². The fourth-order valence-corrected chi connectivity index (χ4v) is 7.18. The van der Waals surface area contributed by atoms with Gasteiger partial charge in [0.05, 0.1) is 13.2 Å². The second-order valence-electron chi connectivity index (χ2n) is 15.6. The molecular formula is C42H54N8O5. The number of benzene rings is 2. The van der Waals surface area contributed by atoms with E-state index >= 15 is 0 Å². The Labute approximate surface area is 323 Å². The van der Waals surface area contributed by atoms with E-state index in [-0.39, 0.29) is 29.9 Å². The number of carbonyl (C=O) groups is 3. The smallest absolute Gasteiger partial charge is 0.407 e. The minimum absolute atomic E-state index is 0.111. The summed E-state index contributed by atoms with van der Waals surface area (Å²) in [7, 11) is 0. The molecule has 1 atom stereocenters. The van der Waals surface area contributed by atoms with E-state index in [4.69, 9.17) is 9.47 Å². The number of rotatable bonds is 15. The number of aliphatic imine (C=N–C) groups is 1. The van der Waals surface area contributed by atoms with Gasteiger partial charge in [-0.05, 0) is 106 Å². The maximum atomic E-state index is 13.9. The van der Waals surface area contributed by atoms with Crippen molar-refractivity contribution < 1.29 is 23.9 Å². The van der Waals surface area contributed by atoms with Crippen LogP contribution in [0.25, 0.3) is 11.1 Å². The molecule has 2 fully saturated rings. The molecule has 3 N–H and O–H groups in total. The van der Waals surface area contributed by atoms with Gasteiger partial charge in [0.1, 0.15) is 17.2 Å². The van der Waals surface area contributed by atoms with Crippen molar-refractivity contribution in [3.05, 3.63) is 78.0 Å². The SMILES string of the molecule is CC(C)(C)OC(=O)NCC1CCC(C(=O)C[C@@H](Cc2ccc(-c3ccc(NCCN4CCOCC4)nc3)cc2)C(=O)Nc2ccc(C3=NCN=N3)cc2)CC1. The summed E-state index contributed by atoms with van der Waals surface area (Å²) in [6, 6.07) is 19.6. The Kier molecular flexibility index (Phi) is 13.7. The van der Waals surface area contributed by atoms with Crippen molar-refractivity contribution in [3.63, 3.8) is 0 Å². The van der Waals surface area contributed by atoms with Crippen LogP contribution in [-0.2, 0) is 25.5 Å². The first-order chi connectivity index (χ1) is 26.6. The number of ether oxygens (including phenoxy) is 2. The van der Waals surface area contributed by atoms with E-state index < -0.39 is 17.6 Å². The Morgan fingerprint density at radius 3 is 2.27 bits per heavy atom. The summed E-state index contributed by atoms with van der Waals surface area (Å²) in [6.45, 7) is 11.6. The third kappa shape index (κ3) is 12.2. The lowest BCUT2D eigenvalue weighted by molar-refractivity contribution is -0.129. The van der Waals surface area contributed by atoms with Crippen molar-refractivity contribution in [2.24, 2.45) is 33.0 Å². The van der Waals surface area contributed by atoms with Crippen molar-refractivity contribution in [1.82, 2.24) is 15.2 Å². The van der Waals surface area contributed by atoms with Crippen LogP contribution in [0.1, 0.15) is 64.0 Å². The van der Waals surface area contributed by atoms with Crippen LogP contribution in [0.3, 0.4) is 0 Å². The van der Waals surface area contributed by atoms with Gasteiger partial charge in [-0.1, -0.05) is 24.3 Å². The molecule has 2 aromatic carbocycles. The number of morpholine rings is 1. The minimum Gasteiger partial charge on any atom is -0.444 e. The van der Waals surface area contributed by atoms with Crippen LogP contribution in [-0.4, -0.2) is 91.7 Å². The number of azo groups is 1. The second kappa shape index (κ2) is 19.0. The molecule has 6 rings (SSSR count). The predicted octanol–water partition coefficient (Wildman–Crippen LogP) is 6.75. The topological polar surface area (TPSA) is 159 Å². The van der Waals surface area contributed by atoms with Crippen LogP contribution in [0.5, 0.6) is 0 Å². The van der Waals surface area contributed by atoms with Crippen LogP contribution in [0.15, 0.2) is 82.1 Å². The molecule has 13 heteroatoms. The Morgan fingerprint density at radius 1 is 0.909 bits per heavy atom. The van der Waals surface area contributed by atoms with Gasteiger partial charge in [0.2, 0.25) is 5.91 Å². The molecule has 1 saturated heterocycles. The van der Waals surface area contributed by atoms with Crippen molar-refractivity contribution in [2.45, 2.75) is 64.9 Å². The molecule has 2 amide bonds. The highest BCUT2D eigenvalue weighted by Gasteiger charge is 2.31.